The maximum Gasteiger partial charge on any atom is 0.208 e. The highest BCUT2D eigenvalue weighted by molar-refractivity contribution is 6.31. The van der Waals surface area contributed by atoms with E-state index in [1.54, 1.807) is 19.4 Å². The van der Waals surface area contributed by atoms with Crippen LogP contribution in [-0.2, 0) is 6.54 Å². The fourth-order valence-corrected chi connectivity index (χ4v) is 1.99. The zero-order chi connectivity index (χ0) is 12.4. The van der Waals surface area contributed by atoms with E-state index in [0.29, 0.717) is 16.6 Å². The quantitative estimate of drug-likeness (QED) is 0.912. The molecular weight excluding hydrogens is 240 g/mol. The lowest BCUT2D eigenvalue weighted by Gasteiger charge is -2.09. The van der Waals surface area contributed by atoms with E-state index < -0.39 is 0 Å². The van der Waals surface area contributed by atoms with Gasteiger partial charge in [0.15, 0.2) is 0 Å². The van der Waals surface area contributed by atoms with Crippen LogP contribution in [0.1, 0.15) is 11.5 Å². The van der Waals surface area contributed by atoms with E-state index in [4.69, 9.17) is 26.5 Å². The number of hydrogen-bond donors (Lipinski definition) is 1. The first-order valence-electron chi connectivity index (χ1n) is 5.14. The maximum atomic E-state index is 6.03. The number of aromatic nitrogens is 1. The molecule has 0 aliphatic carbocycles. The lowest BCUT2D eigenvalue weighted by atomic mass is 10.1. The molecule has 0 atom stereocenters. The molecule has 5 heteroatoms. The van der Waals surface area contributed by atoms with Crippen LogP contribution < -0.4 is 10.5 Å². The molecule has 2 N–H and O–H groups in total. The van der Waals surface area contributed by atoms with E-state index in [-0.39, 0.29) is 6.54 Å². The Morgan fingerprint density at radius 1 is 1.47 bits per heavy atom. The standard InChI is InChI=1S/C12H13ClN2O2/c1-7-3-8(13)4-9(12(7)16-2)10-6-17-11(5-14)15-10/h3-4,6H,5,14H2,1-2H3. The largest absolute Gasteiger partial charge is 0.496 e. The molecule has 0 saturated carbocycles. The van der Waals surface area contributed by atoms with Crippen molar-refractivity contribution in [3.05, 3.63) is 34.9 Å². The summed E-state index contributed by atoms with van der Waals surface area (Å²) in [7, 11) is 1.61. The Kier molecular flexibility index (Phi) is 3.36. The van der Waals surface area contributed by atoms with Crippen molar-refractivity contribution < 1.29 is 9.15 Å². The first-order chi connectivity index (χ1) is 8.15. The number of methoxy groups -OCH3 is 1. The van der Waals surface area contributed by atoms with Crippen molar-refractivity contribution in [3.63, 3.8) is 0 Å². The number of nitrogens with two attached hydrogens (primary N) is 1. The molecule has 0 bridgehead atoms. The van der Waals surface area contributed by atoms with Gasteiger partial charge >= 0.3 is 0 Å². The number of ether oxygens (including phenoxy) is 1. The van der Waals surface area contributed by atoms with Crippen LogP contribution in [0.3, 0.4) is 0 Å². The van der Waals surface area contributed by atoms with E-state index in [9.17, 15) is 0 Å². The summed E-state index contributed by atoms with van der Waals surface area (Å²) in [5.74, 6) is 1.23. The molecule has 4 nitrogen and oxygen atoms in total. The summed E-state index contributed by atoms with van der Waals surface area (Å²) in [6, 6.07) is 3.64. The number of oxazole rings is 1. The van der Waals surface area contributed by atoms with Crippen LogP contribution in [0.5, 0.6) is 5.75 Å². The van der Waals surface area contributed by atoms with E-state index >= 15 is 0 Å². The van der Waals surface area contributed by atoms with Crippen LogP contribution in [0.25, 0.3) is 11.3 Å². The predicted octanol–water partition coefficient (Wildman–Crippen LogP) is 2.77. The van der Waals surface area contributed by atoms with Gasteiger partial charge < -0.3 is 14.9 Å². The van der Waals surface area contributed by atoms with Gasteiger partial charge in [-0.05, 0) is 24.6 Å². The topological polar surface area (TPSA) is 61.3 Å². The van der Waals surface area contributed by atoms with Crippen molar-refractivity contribution in [3.8, 4) is 17.0 Å². The smallest absolute Gasteiger partial charge is 0.208 e. The van der Waals surface area contributed by atoms with E-state index in [1.165, 1.54) is 0 Å². The minimum atomic E-state index is 0.266. The monoisotopic (exact) mass is 252 g/mol. The average Bonchev–Trinajstić information content (AvgIpc) is 2.76. The van der Waals surface area contributed by atoms with Crippen LogP contribution >= 0.6 is 11.6 Å². The van der Waals surface area contributed by atoms with Crippen LogP contribution in [0, 0.1) is 6.92 Å². The highest BCUT2D eigenvalue weighted by Gasteiger charge is 2.13. The van der Waals surface area contributed by atoms with Crippen molar-refractivity contribution in [1.29, 1.82) is 0 Å². The van der Waals surface area contributed by atoms with Gasteiger partial charge in [-0.2, -0.15) is 0 Å². The summed E-state index contributed by atoms with van der Waals surface area (Å²) in [6.07, 6.45) is 1.55. The van der Waals surface area contributed by atoms with Crippen LogP contribution in [-0.4, -0.2) is 12.1 Å². The first-order valence-corrected chi connectivity index (χ1v) is 5.52. The molecule has 0 amide bonds. The first kappa shape index (κ1) is 12.0. The Labute approximate surface area is 104 Å². The van der Waals surface area contributed by atoms with Gasteiger partial charge in [0.1, 0.15) is 17.7 Å². The SMILES string of the molecule is COc1c(C)cc(Cl)cc1-c1coc(CN)n1. The van der Waals surface area contributed by atoms with Gasteiger partial charge in [-0.3, -0.25) is 0 Å². The fraction of sp³-hybridized carbons (Fsp3) is 0.250. The van der Waals surface area contributed by atoms with Crippen molar-refractivity contribution in [2.45, 2.75) is 13.5 Å². The molecule has 0 radical (unpaired) electrons. The molecule has 1 heterocycles. The number of nitrogens with zero attached hydrogens (tertiary/aromatic N) is 1. The lowest BCUT2D eigenvalue weighted by Crippen LogP contribution is -1.96. The van der Waals surface area contributed by atoms with Gasteiger partial charge in [-0.15, -0.1) is 0 Å². The summed E-state index contributed by atoms with van der Waals surface area (Å²) in [4.78, 5) is 4.26. The summed E-state index contributed by atoms with van der Waals surface area (Å²) in [6.45, 7) is 2.19. The van der Waals surface area contributed by atoms with Gasteiger partial charge in [-0.25, -0.2) is 4.98 Å². The van der Waals surface area contributed by atoms with E-state index in [0.717, 1.165) is 16.9 Å². The minimum absolute atomic E-state index is 0.266. The Morgan fingerprint density at radius 2 is 2.24 bits per heavy atom. The molecule has 0 aliphatic rings. The molecule has 90 valence electrons. The molecule has 2 aromatic rings. The number of benzene rings is 1. The Bertz CT molecular complexity index is 537. The van der Waals surface area contributed by atoms with Crippen LogP contribution in [0.4, 0.5) is 0 Å². The third-order valence-electron chi connectivity index (χ3n) is 2.45. The summed E-state index contributed by atoms with van der Waals surface area (Å²) >= 11 is 6.03. The van der Waals surface area contributed by atoms with Crippen molar-refractivity contribution in [1.82, 2.24) is 4.98 Å². The molecule has 1 aromatic heterocycles. The molecule has 2 rings (SSSR count). The molecule has 0 aliphatic heterocycles. The molecule has 0 spiro atoms. The van der Waals surface area contributed by atoms with Gasteiger partial charge in [0.2, 0.25) is 5.89 Å². The summed E-state index contributed by atoms with van der Waals surface area (Å²) in [5, 5.41) is 0.635. The second-order valence-corrected chi connectivity index (χ2v) is 4.07. The van der Waals surface area contributed by atoms with E-state index in [1.807, 2.05) is 13.0 Å². The van der Waals surface area contributed by atoms with Crippen LogP contribution in [0.15, 0.2) is 22.8 Å². The predicted molar refractivity (Wildman–Crippen MR) is 66.1 cm³/mol. The number of rotatable bonds is 3. The molecule has 0 saturated heterocycles. The number of aryl methyl sites for hydroxylation is 1. The normalized spacial score (nSPS) is 10.6. The van der Waals surface area contributed by atoms with Crippen molar-refractivity contribution in [2.24, 2.45) is 5.73 Å². The summed E-state index contributed by atoms with van der Waals surface area (Å²) < 4.78 is 10.6. The minimum Gasteiger partial charge on any atom is -0.496 e. The zero-order valence-corrected chi connectivity index (χ0v) is 10.4. The van der Waals surface area contributed by atoms with Gasteiger partial charge in [-0.1, -0.05) is 11.6 Å². The van der Waals surface area contributed by atoms with Gasteiger partial charge in [0.25, 0.3) is 0 Å². The second-order valence-electron chi connectivity index (χ2n) is 3.63. The maximum absolute atomic E-state index is 6.03. The Morgan fingerprint density at radius 3 is 2.82 bits per heavy atom. The number of hydrogen-bond acceptors (Lipinski definition) is 4. The zero-order valence-electron chi connectivity index (χ0n) is 9.66. The third kappa shape index (κ3) is 2.28. The molecule has 1 aromatic carbocycles. The molecular formula is C12H13ClN2O2. The Balaban J connectivity index is 2.57. The Hall–Kier alpha value is -1.52. The highest BCUT2D eigenvalue weighted by atomic mass is 35.5. The molecule has 0 fully saturated rings. The van der Waals surface area contributed by atoms with E-state index in [2.05, 4.69) is 4.98 Å². The van der Waals surface area contributed by atoms with Crippen molar-refractivity contribution in [2.75, 3.05) is 7.11 Å². The molecule has 0 unspecified atom stereocenters. The van der Waals surface area contributed by atoms with Crippen molar-refractivity contribution >= 4 is 11.6 Å². The van der Waals surface area contributed by atoms with Gasteiger partial charge in [0, 0.05) is 10.6 Å². The molecule has 17 heavy (non-hydrogen) atoms. The van der Waals surface area contributed by atoms with Gasteiger partial charge in [0.05, 0.1) is 13.7 Å². The summed E-state index contributed by atoms with van der Waals surface area (Å²) in [5.41, 5.74) is 7.89. The fourth-order valence-electron chi connectivity index (χ4n) is 1.72. The average molecular weight is 253 g/mol. The third-order valence-corrected chi connectivity index (χ3v) is 2.66. The lowest BCUT2D eigenvalue weighted by molar-refractivity contribution is 0.413. The highest BCUT2D eigenvalue weighted by Crippen LogP contribution is 2.35. The number of halogens is 1. The van der Waals surface area contributed by atoms with Crippen LogP contribution in [0.2, 0.25) is 5.02 Å². The second kappa shape index (κ2) is 4.77.